The van der Waals surface area contributed by atoms with Crippen molar-refractivity contribution in [2.45, 2.75) is 52.1 Å². The second-order valence-electron chi connectivity index (χ2n) is 4.68. The van der Waals surface area contributed by atoms with Crippen molar-refractivity contribution in [3.05, 3.63) is 34.1 Å². The van der Waals surface area contributed by atoms with E-state index < -0.39 is 0 Å². The first kappa shape index (κ1) is 14.7. The van der Waals surface area contributed by atoms with Crippen LogP contribution in [0.25, 0.3) is 0 Å². The predicted molar refractivity (Wildman–Crippen MR) is 74.6 cm³/mol. The standard InChI is InChI=1S/C14H21BrFN/c1-4-5-6-14(17-10(2)3)12-9-11(15)7-8-13(12)16/h7-10,14,17H,4-6H2,1-3H3. The molecule has 1 aromatic carbocycles. The van der Waals surface area contributed by atoms with Crippen molar-refractivity contribution in [1.82, 2.24) is 5.32 Å². The van der Waals surface area contributed by atoms with Gasteiger partial charge in [0.1, 0.15) is 5.82 Å². The Morgan fingerprint density at radius 3 is 2.65 bits per heavy atom. The lowest BCUT2D eigenvalue weighted by Crippen LogP contribution is -2.28. The lowest BCUT2D eigenvalue weighted by molar-refractivity contribution is 0.424. The third-order valence-electron chi connectivity index (χ3n) is 2.71. The highest BCUT2D eigenvalue weighted by molar-refractivity contribution is 9.10. The molecule has 1 aromatic rings. The average Bonchev–Trinajstić information content (AvgIpc) is 2.27. The van der Waals surface area contributed by atoms with Gasteiger partial charge in [-0.3, -0.25) is 0 Å². The molecular formula is C14H21BrFN. The maximum absolute atomic E-state index is 13.8. The minimum absolute atomic E-state index is 0.104. The number of halogens is 2. The molecule has 0 aliphatic carbocycles. The van der Waals surface area contributed by atoms with Crippen LogP contribution in [0.15, 0.2) is 22.7 Å². The second-order valence-corrected chi connectivity index (χ2v) is 5.60. The van der Waals surface area contributed by atoms with Crippen LogP contribution in [0.2, 0.25) is 0 Å². The SMILES string of the molecule is CCCCC(NC(C)C)c1cc(Br)ccc1F. The summed E-state index contributed by atoms with van der Waals surface area (Å²) in [5.41, 5.74) is 0.765. The van der Waals surface area contributed by atoms with Crippen LogP contribution in [0.4, 0.5) is 4.39 Å². The summed E-state index contributed by atoms with van der Waals surface area (Å²) in [4.78, 5) is 0. The van der Waals surface area contributed by atoms with E-state index in [1.807, 2.05) is 6.07 Å². The summed E-state index contributed by atoms with van der Waals surface area (Å²) in [6, 6.07) is 5.61. The molecule has 3 heteroatoms. The Bertz CT molecular complexity index is 352. The van der Waals surface area contributed by atoms with Gasteiger partial charge in [0.25, 0.3) is 0 Å². The third-order valence-corrected chi connectivity index (χ3v) is 3.21. The van der Waals surface area contributed by atoms with E-state index in [0.717, 1.165) is 29.3 Å². The van der Waals surface area contributed by atoms with Crippen LogP contribution in [-0.2, 0) is 0 Å². The summed E-state index contributed by atoms with van der Waals surface area (Å²) in [5, 5.41) is 3.44. The molecule has 1 atom stereocenters. The number of hydrogen-bond donors (Lipinski definition) is 1. The van der Waals surface area contributed by atoms with Gasteiger partial charge in [0.2, 0.25) is 0 Å². The van der Waals surface area contributed by atoms with E-state index in [2.05, 4.69) is 42.0 Å². The predicted octanol–water partition coefficient (Wildman–Crippen LogP) is 4.82. The molecule has 0 saturated carbocycles. The van der Waals surface area contributed by atoms with E-state index in [-0.39, 0.29) is 11.9 Å². The van der Waals surface area contributed by atoms with Crippen LogP contribution < -0.4 is 5.32 Å². The maximum atomic E-state index is 13.8. The zero-order valence-corrected chi connectivity index (χ0v) is 12.3. The number of nitrogens with one attached hydrogen (secondary N) is 1. The smallest absolute Gasteiger partial charge is 0.128 e. The van der Waals surface area contributed by atoms with Crippen molar-refractivity contribution in [1.29, 1.82) is 0 Å². The fraction of sp³-hybridized carbons (Fsp3) is 0.571. The molecule has 0 aliphatic heterocycles. The minimum Gasteiger partial charge on any atom is -0.308 e. The van der Waals surface area contributed by atoms with Crippen LogP contribution in [0.3, 0.4) is 0 Å². The van der Waals surface area contributed by atoms with Gasteiger partial charge in [-0.2, -0.15) is 0 Å². The number of unbranched alkanes of at least 4 members (excludes halogenated alkanes) is 1. The van der Waals surface area contributed by atoms with Crippen LogP contribution >= 0.6 is 15.9 Å². The largest absolute Gasteiger partial charge is 0.308 e. The van der Waals surface area contributed by atoms with Gasteiger partial charge >= 0.3 is 0 Å². The molecule has 0 amide bonds. The van der Waals surface area contributed by atoms with Crippen molar-refractivity contribution in [2.75, 3.05) is 0 Å². The molecule has 0 aliphatic rings. The second kappa shape index (κ2) is 7.12. The average molecular weight is 302 g/mol. The Hall–Kier alpha value is -0.410. The van der Waals surface area contributed by atoms with Gasteiger partial charge in [-0.1, -0.05) is 49.5 Å². The molecule has 1 rings (SSSR count). The Labute approximate surface area is 112 Å². The zero-order valence-electron chi connectivity index (χ0n) is 10.8. The Morgan fingerprint density at radius 1 is 1.35 bits per heavy atom. The van der Waals surface area contributed by atoms with E-state index in [1.54, 1.807) is 6.07 Å². The van der Waals surface area contributed by atoms with Crippen LogP contribution in [0, 0.1) is 5.82 Å². The van der Waals surface area contributed by atoms with Crippen molar-refractivity contribution in [3.63, 3.8) is 0 Å². The molecule has 0 bridgehead atoms. The minimum atomic E-state index is -0.123. The van der Waals surface area contributed by atoms with Gasteiger partial charge in [0.05, 0.1) is 0 Å². The fourth-order valence-corrected chi connectivity index (χ4v) is 2.30. The maximum Gasteiger partial charge on any atom is 0.128 e. The molecule has 0 spiro atoms. The summed E-state index contributed by atoms with van der Waals surface area (Å²) in [6.45, 7) is 6.34. The molecule has 0 saturated heterocycles. The Kier molecular flexibility index (Phi) is 6.14. The third kappa shape index (κ3) is 4.76. The highest BCUT2D eigenvalue weighted by Crippen LogP contribution is 2.26. The van der Waals surface area contributed by atoms with E-state index in [0.29, 0.717) is 6.04 Å². The molecule has 17 heavy (non-hydrogen) atoms. The first-order valence-electron chi connectivity index (χ1n) is 6.25. The van der Waals surface area contributed by atoms with E-state index in [9.17, 15) is 4.39 Å². The van der Waals surface area contributed by atoms with Crippen LogP contribution in [-0.4, -0.2) is 6.04 Å². The van der Waals surface area contributed by atoms with Crippen molar-refractivity contribution in [3.8, 4) is 0 Å². The highest BCUT2D eigenvalue weighted by Gasteiger charge is 2.16. The van der Waals surface area contributed by atoms with Crippen molar-refractivity contribution < 1.29 is 4.39 Å². The molecule has 1 unspecified atom stereocenters. The first-order valence-corrected chi connectivity index (χ1v) is 7.05. The lowest BCUT2D eigenvalue weighted by atomic mass is 10.00. The fourth-order valence-electron chi connectivity index (χ4n) is 1.92. The van der Waals surface area contributed by atoms with Crippen molar-refractivity contribution in [2.24, 2.45) is 0 Å². The summed E-state index contributed by atoms with van der Waals surface area (Å²) in [5.74, 6) is -0.123. The molecule has 0 heterocycles. The monoisotopic (exact) mass is 301 g/mol. The van der Waals surface area contributed by atoms with Gasteiger partial charge < -0.3 is 5.32 Å². The lowest BCUT2D eigenvalue weighted by Gasteiger charge is -2.22. The summed E-state index contributed by atoms with van der Waals surface area (Å²) < 4.78 is 14.8. The Morgan fingerprint density at radius 2 is 2.06 bits per heavy atom. The molecule has 1 nitrogen and oxygen atoms in total. The quantitative estimate of drug-likeness (QED) is 0.794. The van der Waals surface area contributed by atoms with Crippen LogP contribution in [0.1, 0.15) is 51.6 Å². The highest BCUT2D eigenvalue weighted by atomic mass is 79.9. The van der Waals surface area contributed by atoms with Gasteiger partial charge in [0, 0.05) is 22.1 Å². The normalized spacial score (nSPS) is 13.1. The van der Waals surface area contributed by atoms with E-state index >= 15 is 0 Å². The van der Waals surface area contributed by atoms with Crippen molar-refractivity contribution >= 4 is 15.9 Å². The molecule has 0 radical (unpaired) electrons. The van der Waals surface area contributed by atoms with E-state index in [4.69, 9.17) is 0 Å². The van der Waals surface area contributed by atoms with Gasteiger partial charge in [0.15, 0.2) is 0 Å². The zero-order chi connectivity index (χ0) is 12.8. The molecule has 1 N–H and O–H groups in total. The number of hydrogen-bond acceptors (Lipinski definition) is 1. The summed E-state index contributed by atoms with van der Waals surface area (Å²) in [7, 11) is 0. The molecule has 0 aromatic heterocycles. The van der Waals surface area contributed by atoms with Gasteiger partial charge in [-0.15, -0.1) is 0 Å². The molecule has 96 valence electrons. The van der Waals surface area contributed by atoms with Gasteiger partial charge in [-0.25, -0.2) is 4.39 Å². The molecule has 0 fully saturated rings. The first-order chi connectivity index (χ1) is 8.04. The topological polar surface area (TPSA) is 12.0 Å². The molecular weight excluding hydrogens is 281 g/mol. The number of rotatable bonds is 6. The number of benzene rings is 1. The van der Waals surface area contributed by atoms with E-state index in [1.165, 1.54) is 6.07 Å². The van der Waals surface area contributed by atoms with Gasteiger partial charge in [-0.05, 0) is 24.6 Å². The summed E-state index contributed by atoms with van der Waals surface area (Å²) in [6.07, 6.45) is 3.21. The van der Waals surface area contributed by atoms with Crippen LogP contribution in [0.5, 0.6) is 0 Å². The Balaban J connectivity index is 2.90. The summed E-state index contributed by atoms with van der Waals surface area (Å²) >= 11 is 3.40.